The van der Waals surface area contributed by atoms with Crippen molar-refractivity contribution in [3.63, 3.8) is 0 Å². The van der Waals surface area contributed by atoms with Gasteiger partial charge in [-0.3, -0.25) is 0 Å². The zero-order chi connectivity index (χ0) is 16.8. The summed E-state index contributed by atoms with van der Waals surface area (Å²) in [5.41, 5.74) is -0.690. The van der Waals surface area contributed by atoms with E-state index >= 15 is 0 Å². The second-order valence-corrected chi connectivity index (χ2v) is 7.57. The van der Waals surface area contributed by atoms with Crippen molar-refractivity contribution in [1.29, 1.82) is 0 Å². The topological polar surface area (TPSA) is 53.6 Å². The molecular formula is C17H35N3O2. The first kappa shape index (κ1) is 19.2. The third-order valence-electron chi connectivity index (χ3n) is 4.57. The van der Waals surface area contributed by atoms with E-state index in [2.05, 4.69) is 36.4 Å². The maximum Gasteiger partial charge on any atom is 0.408 e. The molecule has 1 aliphatic rings. The zero-order valence-electron chi connectivity index (χ0n) is 15.3. The molecule has 0 aromatic rings. The number of hydrogen-bond donors (Lipinski definition) is 2. The predicted octanol–water partition coefficient (Wildman–Crippen LogP) is 2.75. The van der Waals surface area contributed by atoms with Crippen LogP contribution in [-0.4, -0.2) is 54.9 Å². The molecule has 0 atom stereocenters. The van der Waals surface area contributed by atoms with E-state index in [4.69, 9.17) is 4.74 Å². The van der Waals surface area contributed by atoms with Gasteiger partial charge in [0.15, 0.2) is 0 Å². The summed E-state index contributed by atoms with van der Waals surface area (Å²) in [6.07, 6.45) is 3.81. The van der Waals surface area contributed by atoms with Gasteiger partial charge in [-0.05, 0) is 66.6 Å². The standard InChI is InChI=1S/C17H35N3O2/c1-7-17(8-2,19-15(21)22-16(3,4)5)13-18-14-9-11-20(6)12-10-14/h14,18H,7-13H2,1-6H3,(H,19,21). The summed E-state index contributed by atoms with van der Waals surface area (Å²) in [7, 11) is 2.17. The summed E-state index contributed by atoms with van der Waals surface area (Å²) in [5, 5.41) is 6.76. The summed E-state index contributed by atoms with van der Waals surface area (Å²) in [5.74, 6) is 0. The quantitative estimate of drug-likeness (QED) is 0.792. The number of hydrogen-bond acceptors (Lipinski definition) is 4. The molecule has 0 unspecified atom stereocenters. The SMILES string of the molecule is CCC(CC)(CNC1CCN(C)CC1)NC(=O)OC(C)(C)C. The maximum absolute atomic E-state index is 12.1. The van der Waals surface area contributed by atoms with Crippen LogP contribution in [0.25, 0.3) is 0 Å². The highest BCUT2D eigenvalue weighted by Crippen LogP contribution is 2.18. The lowest BCUT2D eigenvalue weighted by atomic mass is 9.92. The lowest BCUT2D eigenvalue weighted by Crippen LogP contribution is -2.57. The Balaban J connectivity index is 2.53. The third kappa shape index (κ3) is 6.53. The molecule has 1 heterocycles. The van der Waals surface area contributed by atoms with Gasteiger partial charge in [-0.15, -0.1) is 0 Å². The van der Waals surface area contributed by atoms with Gasteiger partial charge < -0.3 is 20.3 Å². The molecule has 0 aromatic carbocycles. The smallest absolute Gasteiger partial charge is 0.408 e. The fourth-order valence-electron chi connectivity index (χ4n) is 2.79. The minimum Gasteiger partial charge on any atom is -0.444 e. The lowest BCUT2D eigenvalue weighted by molar-refractivity contribution is 0.0442. The molecule has 1 aliphatic heterocycles. The van der Waals surface area contributed by atoms with Gasteiger partial charge in [0.1, 0.15) is 5.60 Å². The Morgan fingerprint density at radius 1 is 1.18 bits per heavy atom. The highest BCUT2D eigenvalue weighted by Gasteiger charge is 2.31. The Labute approximate surface area is 136 Å². The molecule has 5 heteroatoms. The van der Waals surface area contributed by atoms with Gasteiger partial charge in [0.25, 0.3) is 0 Å². The van der Waals surface area contributed by atoms with Crippen LogP contribution in [0.15, 0.2) is 0 Å². The van der Waals surface area contributed by atoms with Crippen LogP contribution in [0.3, 0.4) is 0 Å². The summed E-state index contributed by atoms with van der Waals surface area (Å²) >= 11 is 0. The molecule has 1 fully saturated rings. The molecule has 0 bridgehead atoms. The average Bonchev–Trinajstić information content (AvgIpc) is 2.43. The first-order chi connectivity index (χ1) is 10.2. The van der Waals surface area contributed by atoms with Crippen LogP contribution < -0.4 is 10.6 Å². The molecule has 22 heavy (non-hydrogen) atoms. The van der Waals surface area contributed by atoms with E-state index in [1.807, 2.05) is 20.8 Å². The van der Waals surface area contributed by atoms with Crippen molar-refractivity contribution in [3.05, 3.63) is 0 Å². The number of likely N-dealkylation sites (tertiary alicyclic amines) is 1. The summed E-state index contributed by atoms with van der Waals surface area (Å²) in [4.78, 5) is 14.5. The number of nitrogens with zero attached hydrogens (tertiary/aromatic N) is 1. The average molecular weight is 313 g/mol. The van der Waals surface area contributed by atoms with Gasteiger partial charge in [-0.2, -0.15) is 0 Å². The van der Waals surface area contributed by atoms with Crippen molar-refractivity contribution < 1.29 is 9.53 Å². The van der Waals surface area contributed by atoms with Gasteiger partial charge in [0.05, 0.1) is 5.54 Å². The number of carbonyl (C=O) groups excluding carboxylic acids is 1. The Bertz CT molecular complexity index is 340. The van der Waals surface area contributed by atoms with Crippen LogP contribution in [0.2, 0.25) is 0 Å². The third-order valence-corrected chi connectivity index (χ3v) is 4.57. The molecule has 0 saturated carbocycles. The molecule has 2 N–H and O–H groups in total. The first-order valence-corrected chi connectivity index (χ1v) is 8.63. The van der Waals surface area contributed by atoms with Crippen LogP contribution in [0.4, 0.5) is 4.79 Å². The van der Waals surface area contributed by atoms with E-state index in [9.17, 15) is 4.79 Å². The van der Waals surface area contributed by atoms with E-state index in [0.717, 1.165) is 32.5 Å². The number of rotatable bonds is 6. The molecule has 0 aliphatic carbocycles. The van der Waals surface area contributed by atoms with Gasteiger partial charge in [0.2, 0.25) is 0 Å². The number of piperidine rings is 1. The molecule has 0 aromatic heterocycles. The summed E-state index contributed by atoms with van der Waals surface area (Å²) < 4.78 is 5.42. The van der Waals surface area contributed by atoms with Crippen LogP contribution in [0, 0.1) is 0 Å². The molecular weight excluding hydrogens is 278 g/mol. The van der Waals surface area contributed by atoms with Crippen molar-refractivity contribution in [3.8, 4) is 0 Å². The van der Waals surface area contributed by atoms with E-state index in [1.54, 1.807) is 0 Å². The van der Waals surface area contributed by atoms with Crippen molar-refractivity contribution in [2.45, 2.75) is 77.5 Å². The summed E-state index contributed by atoms with van der Waals surface area (Å²) in [6.45, 7) is 13.0. The van der Waals surface area contributed by atoms with Gasteiger partial charge in [-0.1, -0.05) is 13.8 Å². The van der Waals surface area contributed by atoms with Crippen LogP contribution >= 0.6 is 0 Å². The number of alkyl carbamates (subject to hydrolysis) is 1. The van der Waals surface area contributed by atoms with E-state index in [1.165, 1.54) is 12.8 Å². The van der Waals surface area contributed by atoms with Crippen molar-refractivity contribution in [2.75, 3.05) is 26.7 Å². The molecule has 130 valence electrons. The van der Waals surface area contributed by atoms with Crippen LogP contribution in [-0.2, 0) is 4.74 Å². The normalized spacial score (nSPS) is 18.3. The van der Waals surface area contributed by atoms with E-state index < -0.39 is 5.60 Å². The molecule has 1 rings (SSSR count). The largest absolute Gasteiger partial charge is 0.444 e. The Kier molecular flexibility index (Phi) is 7.13. The fraction of sp³-hybridized carbons (Fsp3) is 0.941. The number of ether oxygens (including phenoxy) is 1. The Morgan fingerprint density at radius 3 is 2.18 bits per heavy atom. The van der Waals surface area contributed by atoms with Crippen molar-refractivity contribution in [1.82, 2.24) is 15.5 Å². The maximum atomic E-state index is 12.1. The Morgan fingerprint density at radius 2 is 1.73 bits per heavy atom. The molecule has 5 nitrogen and oxygen atoms in total. The minimum absolute atomic E-state index is 0.230. The first-order valence-electron chi connectivity index (χ1n) is 8.63. The van der Waals surface area contributed by atoms with Crippen LogP contribution in [0.1, 0.15) is 60.3 Å². The molecule has 0 spiro atoms. The molecule has 1 saturated heterocycles. The fourth-order valence-corrected chi connectivity index (χ4v) is 2.79. The number of carbonyl (C=O) groups is 1. The van der Waals surface area contributed by atoms with E-state index in [0.29, 0.717) is 6.04 Å². The zero-order valence-corrected chi connectivity index (χ0v) is 15.3. The van der Waals surface area contributed by atoms with Crippen molar-refractivity contribution in [2.24, 2.45) is 0 Å². The van der Waals surface area contributed by atoms with Gasteiger partial charge in [0, 0.05) is 12.6 Å². The van der Waals surface area contributed by atoms with Crippen LogP contribution in [0.5, 0.6) is 0 Å². The number of amides is 1. The van der Waals surface area contributed by atoms with Gasteiger partial charge in [-0.25, -0.2) is 4.79 Å². The molecule has 0 radical (unpaired) electrons. The highest BCUT2D eigenvalue weighted by molar-refractivity contribution is 5.68. The molecule has 1 amide bonds. The lowest BCUT2D eigenvalue weighted by Gasteiger charge is -2.37. The number of nitrogens with one attached hydrogen (secondary N) is 2. The van der Waals surface area contributed by atoms with E-state index in [-0.39, 0.29) is 11.6 Å². The monoisotopic (exact) mass is 313 g/mol. The second kappa shape index (κ2) is 8.16. The van der Waals surface area contributed by atoms with Crippen molar-refractivity contribution >= 4 is 6.09 Å². The second-order valence-electron chi connectivity index (χ2n) is 7.57. The summed E-state index contributed by atoms with van der Waals surface area (Å²) in [6, 6.07) is 0.550. The predicted molar refractivity (Wildman–Crippen MR) is 91.2 cm³/mol. The Hall–Kier alpha value is -0.810. The minimum atomic E-state index is -0.460. The van der Waals surface area contributed by atoms with Gasteiger partial charge >= 0.3 is 6.09 Å². The highest BCUT2D eigenvalue weighted by atomic mass is 16.6.